The van der Waals surface area contributed by atoms with Crippen molar-refractivity contribution in [2.24, 2.45) is 0 Å². The lowest BCUT2D eigenvalue weighted by atomic mass is 10.2. The Kier molecular flexibility index (Phi) is 6.78. The maximum Gasteiger partial charge on any atom is 0.351 e. The summed E-state index contributed by atoms with van der Waals surface area (Å²) in [6.45, 7) is -0.708. The van der Waals surface area contributed by atoms with Crippen molar-refractivity contribution in [3.8, 4) is 0 Å². The number of ether oxygens (including phenoxy) is 1. The molecule has 0 saturated carbocycles. The molecule has 2 heterocycles. The number of phosphoric ester groups is 1. The Bertz CT molecular complexity index is 882. The number of nitrogen functional groups attached to an aromatic ring is 1. The molecule has 1 aliphatic heterocycles. The van der Waals surface area contributed by atoms with Crippen LogP contribution in [0.5, 0.6) is 0 Å². The third kappa shape index (κ3) is 7.18. The maximum atomic E-state index is 11.7. The minimum absolute atomic E-state index is 0.00328. The molecule has 0 radical (unpaired) electrons. The molecule has 18 heteroatoms. The SMILES string of the molecule is Nc1ccn([C@H]2CC[C@@H](COP(=O)([O-])OP(=O)([O-])OP(=O)([O-])[O-])O2)c(=O)n1. The summed E-state index contributed by atoms with van der Waals surface area (Å²) < 4.78 is 49.9. The molecule has 0 aromatic carbocycles. The Hall–Kier alpha value is -0.950. The Labute approximate surface area is 151 Å². The molecule has 1 aromatic rings. The van der Waals surface area contributed by atoms with E-state index in [1.165, 1.54) is 12.3 Å². The third-order valence-electron chi connectivity index (χ3n) is 3.07. The monoisotopic (exact) mass is 447 g/mol. The van der Waals surface area contributed by atoms with Gasteiger partial charge in [-0.3, -0.25) is 18.0 Å². The molecule has 2 rings (SSSR count). The van der Waals surface area contributed by atoms with Gasteiger partial charge in [0.2, 0.25) is 0 Å². The molecule has 27 heavy (non-hydrogen) atoms. The number of hydrogen-bond acceptors (Lipinski definition) is 14. The van der Waals surface area contributed by atoms with E-state index in [2.05, 4.69) is 18.1 Å². The van der Waals surface area contributed by atoms with E-state index in [-0.39, 0.29) is 18.7 Å². The zero-order valence-electron chi connectivity index (χ0n) is 13.1. The van der Waals surface area contributed by atoms with Crippen LogP contribution in [0.2, 0.25) is 0 Å². The van der Waals surface area contributed by atoms with Crippen molar-refractivity contribution >= 4 is 29.3 Å². The fourth-order valence-corrected chi connectivity index (χ4v) is 5.00. The number of nitrogens with zero attached hydrogens (tertiary/aromatic N) is 2. The summed E-state index contributed by atoms with van der Waals surface area (Å²) in [6, 6.07) is 1.35. The number of nitrogens with two attached hydrogens (primary N) is 1. The quantitative estimate of drug-likeness (QED) is 0.399. The lowest BCUT2D eigenvalue weighted by Crippen LogP contribution is -2.28. The van der Waals surface area contributed by atoms with E-state index >= 15 is 0 Å². The second-order valence-electron chi connectivity index (χ2n) is 5.13. The number of rotatable bonds is 8. The number of aromatic nitrogens is 2. The first-order valence-electron chi connectivity index (χ1n) is 6.98. The molecule has 15 nitrogen and oxygen atoms in total. The van der Waals surface area contributed by atoms with Crippen LogP contribution in [0, 0.1) is 0 Å². The molecule has 154 valence electrons. The van der Waals surface area contributed by atoms with Gasteiger partial charge in [0.1, 0.15) is 12.0 Å². The minimum atomic E-state index is -6.05. The molecular formula is C9H12N3O12P3-4. The minimum Gasteiger partial charge on any atom is -0.790 e. The smallest absolute Gasteiger partial charge is 0.351 e. The molecule has 0 amide bonds. The van der Waals surface area contributed by atoms with Crippen molar-refractivity contribution in [3.05, 3.63) is 22.7 Å². The van der Waals surface area contributed by atoms with Crippen LogP contribution >= 0.6 is 23.5 Å². The highest BCUT2D eigenvalue weighted by Crippen LogP contribution is 2.60. The average Bonchev–Trinajstić information content (AvgIpc) is 2.90. The highest BCUT2D eigenvalue weighted by atomic mass is 31.3. The van der Waals surface area contributed by atoms with E-state index in [9.17, 15) is 38.1 Å². The van der Waals surface area contributed by atoms with Crippen molar-refractivity contribution in [3.63, 3.8) is 0 Å². The van der Waals surface area contributed by atoms with Crippen LogP contribution in [-0.2, 0) is 31.6 Å². The van der Waals surface area contributed by atoms with Gasteiger partial charge in [-0.05, 0) is 18.9 Å². The molecule has 2 N–H and O–H groups in total. The standard InChI is InChI=1S/C9H16N3O12P3/c10-7-3-4-12(9(13)11-7)8-2-1-6(22-8)5-21-26(17,18)24-27(19,20)23-25(14,15)16/h3-4,6,8H,1-2,5H2,(H,17,18)(H,19,20)(H2,10,11,13)(H2,14,15,16)/p-4/t6-,8+/m0/s1. The number of hydrogen-bond donors (Lipinski definition) is 1. The fourth-order valence-electron chi connectivity index (χ4n) is 2.12. The zero-order chi connectivity index (χ0) is 20.5. The van der Waals surface area contributed by atoms with Crippen LogP contribution < -0.4 is 31.0 Å². The van der Waals surface area contributed by atoms with Crippen molar-refractivity contribution in [1.82, 2.24) is 9.55 Å². The van der Waals surface area contributed by atoms with E-state index in [4.69, 9.17) is 10.5 Å². The third-order valence-corrected chi connectivity index (χ3v) is 6.73. The van der Waals surface area contributed by atoms with Crippen molar-refractivity contribution < 1.29 is 51.2 Å². The topological polar surface area (TPSA) is 241 Å². The van der Waals surface area contributed by atoms with Crippen LogP contribution in [0.25, 0.3) is 0 Å². The summed E-state index contributed by atoms with van der Waals surface area (Å²) in [5, 5.41) is 0. The molecule has 0 aliphatic carbocycles. The van der Waals surface area contributed by atoms with Gasteiger partial charge >= 0.3 is 5.69 Å². The summed E-state index contributed by atoms with van der Waals surface area (Å²) in [5.74, 6) is 0.00328. The van der Waals surface area contributed by atoms with Crippen molar-refractivity contribution in [1.29, 1.82) is 0 Å². The van der Waals surface area contributed by atoms with Gasteiger partial charge in [0.05, 0.1) is 20.5 Å². The first-order chi connectivity index (χ1) is 12.3. The summed E-state index contributed by atoms with van der Waals surface area (Å²) in [6.07, 6.45) is 0.176. The molecule has 2 unspecified atom stereocenters. The van der Waals surface area contributed by atoms with Gasteiger partial charge in [-0.25, -0.2) is 9.11 Å². The normalized spacial score (nSPS) is 25.0. The van der Waals surface area contributed by atoms with Gasteiger partial charge in [-0.1, -0.05) is 0 Å². The predicted octanol–water partition coefficient (Wildman–Crippen LogP) is -2.68. The molecule has 1 fully saturated rings. The van der Waals surface area contributed by atoms with E-state index in [1.54, 1.807) is 0 Å². The number of anilines is 1. The van der Waals surface area contributed by atoms with Crippen LogP contribution in [-0.4, -0.2) is 22.3 Å². The first kappa shape index (κ1) is 22.3. The van der Waals surface area contributed by atoms with Crippen LogP contribution in [0.4, 0.5) is 5.82 Å². The van der Waals surface area contributed by atoms with Crippen LogP contribution in [0.3, 0.4) is 0 Å². The Balaban J connectivity index is 1.91. The van der Waals surface area contributed by atoms with Gasteiger partial charge in [0.15, 0.2) is 0 Å². The van der Waals surface area contributed by atoms with E-state index < -0.39 is 48.1 Å². The second kappa shape index (κ2) is 8.19. The van der Waals surface area contributed by atoms with Gasteiger partial charge in [0.25, 0.3) is 15.6 Å². The second-order valence-corrected chi connectivity index (χ2v) is 9.38. The maximum absolute atomic E-state index is 11.7. The van der Waals surface area contributed by atoms with Crippen LogP contribution in [0.15, 0.2) is 17.1 Å². The summed E-state index contributed by atoms with van der Waals surface area (Å²) in [4.78, 5) is 58.1. The summed E-state index contributed by atoms with van der Waals surface area (Å²) in [5.41, 5.74) is 4.67. The molecular weight excluding hydrogens is 435 g/mol. The Morgan fingerprint density at radius 2 is 1.85 bits per heavy atom. The van der Waals surface area contributed by atoms with Gasteiger partial charge in [-0.15, -0.1) is 0 Å². The molecule has 0 bridgehead atoms. The Morgan fingerprint density at radius 3 is 2.44 bits per heavy atom. The fraction of sp³-hybridized carbons (Fsp3) is 0.556. The lowest BCUT2D eigenvalue weighted by Gasteiger charge is -2.37. The largest absolute Gasteiger partial charge is 0.790 e. The molecule has 1 saturated heterocycles. The Morgan fingerprint density at radius 1 is 1.19 bits per heavy atom. The van der Waals surface area contributed by atoms with Gasteiger partial charge in [0, 0.05) is 6.20 Å². The van der Waals surface area contributed by atoms with E-state index in [0.29, 0.717) is 0 Å². The molecule has 0 spiro atoms. The predicted molar refractivity (Wildman–Crippen MR) is 77.0 cm³/mol. The highest BCUT2D eigenvalue weighted by Gasteiger charge is 2.30. The van der Waals surface area contributed by atoms with Gasteiger partial charge in [-0.2, -0.15) is 4.98 Å². The molecule has 4 atom stereocenters. The summed E-state index contributed by atoms with van der Waals surface area (Å²) in [7, 11) is -17.7. The lowest BCUT2D eigenvalue weighted by molar-refractivity contribution is -0.339. The van der Waals surface area contributed by atoms with E-state index in [0.717, 1.165) is 4.57 Å². The highest BCUT2D eigenvalue weighted by molar-refractivity contribution is 7.64. The summed E-state index contributed by atoms with van der Waals surface area (Å²) >= 11 is 0. The van der Waals surface area contributed by atoms with E-state index in [1.807, 2.05) is 0 Å². The van der Waals surface area contributed by atoms with Gasteiger partial charge < -0.3 is 39.1 Å². The zero-order valence-corrected chi connectivity index (χ0v) is 15.8. The van der Waals surface area contributed by atoms with Crippen molar-refractivity contribution in [2.45, 2.75) is 25.2 Å². The molecule has 1 aliphatic rings. The molecule has 1 aromatic heterocycles. The van der Waals surface area contributed by atoms with Crippen molar-refractivity contribution in [2.75, 3.05) is 12.3 Å². The first-order valence-corrected chi connectivity index (χ1v) is 11.4. The number of phosphoric acid groups is 3. The van der Waals surface area contributed by atoms with Crippen LogP contribution in [0.1, 0.15) is 19.1 Å². The average molecular weight is 447 g/mol.